The van der Waals surface area contributed by atoms with Crippen LogP contribution in [0.15, 0.2) is 18.2 Å². The molecule has 1 aromatic carbocycles. The molecule has 1 heterocycles. The molecule has 1 saturated carbocycles. The number of hydrogen-bond donors (Lipinski definition) is 2. The first kappa shape index (κ1) is 27.8. The number of ether oxygens (including phenoxy) is 1. The highest BCUT2D eigenvalue weighted by molar-refractivity contribution is 7.85. The van der Waals surface area contributed by atoms with Crippen molar-refractivity contribution in [3.63, 3.8) is 0 Å². The van der Waals surface area contributed by atoms with E-state index >= 15 is 0 Å². The fourth-order valence-corrected chi connectivity index (χ4v) is 4.59. The molecule has 1 aliphatic heterocycles. The van der Waals surface area contributed by atoms with Crippen molar-refractivity contribution in [2.45, 2.75) is 44.3 Å². The van der Waals surface area contributed by atoms with E-state index in [9.17, 15) is 35.6 Å². The van der Waals surface area contributed by atoms with Crippen LogP contribution in [0.4, 0.5) is 27.2 Å². The second-order valence-corrected chi connectivity index (χ2v) is 10.4. The molecule has 2 unspecified atom stereocenters. The number of hydrogen-bond acceptors (Lipinski definition) is 6. The van der Waals surface area contributed by atoms with Crippen LogP contribution in [0.2, 0.25) is 0 Å². The zero-order chi connectivity index (χ0) is 26.7. The number of benzene rings is 1. The van der Waals surface area contributed by atoms with Crippen molar-refractivity contribution in [2.24, 2.45) is 5.92 Å². The first-order chi connectivity index (χ1) is 16.8. The van der Waals surface area contributed by atoms with Gasteiger partial charge < -0.3 is 25.2 Å². The molecule has 1 aliphatic carbocycles. The van der Waals surface area contributed by atoms with Crippen LogP contribution in [0, 0.1) is 11.7 Å². The van der Waals surface area contributed by atoms with Crippen LogP contribution in [0.3, 0.4) is 0 Å². The highest BCUT2D eigenvalue weighted by atomic mass is 32.2. The lowest BCUT2D eigenvalue weighted by molar-refractivity contribution is -0.274. The Morgan fingerprint density at radius 2 is 1.89 bits per heavy atom. The fourth-order valence-electron chi connectivity index (χ4n) is 4.15. The van der Waals surface area contributed by atoms with Gasteiger partial charge >= 0.3 is 18.4 Å². The van der Waals surface area contributed by atoms with Gasteiger partial charge in [-0.3, -0.25) is 4.18 Å². The molecular formula is C21H28F4N4O6S. The van der Waals surface area contributed by atoms with E-state index in [4.69, 9.17) is 4.18 Å². The average molecular weight is 541 g/mol. The van der Waals surface area contributed by atoms with Gasteiger partial charge in [-0.1, -0.05) is 6.07 Å². The Bertz CT molecular complexity index is 1070. The van der Waals surface area contributed by atoms with Gasteiger partial charge in [0.05, 0.1) is 18.9 Å². The number of amides is 4. The normalized spacial score (nSPS) is 20.6. The minimum Gasteiger partial charge on any atom is -0.406 e. The molecule has 36 heavy (non-hydrogen) atoms. The molecule has 2 atom stereocenters. The largest absolute Gasteiger partial charge is 0.573 e. The van der Waals surface area contributed by atoms with Crippen molar-refractivity contribution >= 4 is 22.2 Å². The molecule has 1 aromatic rings. The summed E-state index contributed by atoms with van der Waals surface area (Å²) in [6.07, 6.45) is -2.20. The van der Waals surface area contributed by atoms with Gasteiger partial charge in [-0.15, -0.1) is 13.2 Å². The number of nitrogens with zero attached hydrogens (tertiary/aromatic N) is 2. The summed E-state index contributed by atoms with van der Waals surface area (Å²) < 4.78 is 82.8. The van der Waals surface area contributed by atoms with Gasteiger partial charge in [-0.05, 0) is 25.3 Å². The molecule has 2 fully saturated rings. The first-order valence-electron chi connectivity index (χ1n) is 11.2. The zero-order valence-corrected chi connectivity index (χ0v) is 20.5. The summed E-state index contributed by atoms with van der Waals surface area (Å²) in [6.45, 7) is 0.00732. The number of rotatable bonds is 8. The lowest BCUT2D eigenvalue weighted by Crippen LogP contribution is -2.58. The fraction of sp³-hybridized carbons (Fsp3) is 0.619. The van der Waals surface area contributed by atoms with Gasteiger partial charge in [-0.2, -0.15) is 8.42 Å². The molecule has 0 aromatic heterocycles. The number of alkyl halides is 3. The van der Waals surface area contributed by atoms with E-state index in [0.29, 0.717) is 12.5 Å². The lowest BCUT2D eigenvalue weighted by Gasteiger charge is -2.42. The zero-order valence-electron chi connectivity index (χ0n) is 19.7. The molecule has 4 amide bonds. The molecule has 0 spiro atoms. The van der Waals surface area contributed by atoms with Gasteiger partial charge in [-0.25, -0.2) is 14.0 Å². The molecule has 3 rings (SSSR count). The Balaban J connectivity index is 1.69. The summed E-state index contributed by atoms with van der Waals surface area (Å²) in [5.74, 6) is -2.05. The second-order valence-electron chi connectivity index (χ2n) is 8.80. The first-order valence-corrected chi connectivity index (χ1v) is 13.0. The van der Waals surface area contributed by atoms with Gasteiger partial charge in [0.2, 0.25) is 0 Å². The molecule has 0 radical (unpaired) electrons. The molecule has 2 N–H and O–H groups in total. The van der Waals surface area contributed by atoms with E-state index in [-0.39, 0.29) is 49.8 Å². The second kappa shape index (κ2) is 11.1. The third kappa shape index (κ3) is 8.11. The van der Waals surface area contributed by atoms with E-state index in [2.05, 4.69) is 15.4 Å². The SMILES string of the molecule is CNC(=O)N1CC(COS(C)(=O)=O)CC(N(C(=O)NCc2ccc(OC(F)(F)F)cc2F)C2CC2)C1. The minimum absolute atomic E-state index is 0.0383. The topological polar surface area (TPSA) is 117 Å². The van der Waals surface area contributed by atoms with Crippen LogP contribution in [0.5, 0.6) is 5.75 Å². The Kier molecular flexibility index (Phi) is 8.54. The van der Waals surface area contributed by atoms with Gasteiger partial charge in [0.25, 0.3) is 10.1 Å². The summed E-state index contributed by atoms with van der Waals surface area (Å²) in [6, 6.07) is 1.15. The highest BCUT2D eigenvalue weighted by Gasteiger charge is 2.42. The van der Waals surface area contributed by atoms with Crippen molar-refractivity contribution < 1.29 is 44.5 Å². The molecule has 10 nitrogen and oxygen atoms in total. The standard InChI is InChI=1S/C21H28F4N4O6S/c1-26-19(30)28-10-13(12-34-36(2,32)33)7-16(11-28)29(15-4-5-15)20(31)27-9-14-3-6-17(8-18(14)22)35-21(23,24)25/h3,6,8,13,15-16H,4-5,7,9-12H2,1-2H3,(H,26,30)(H,27,31). The maximum absolute atomic E-state index is 14.3. The van der Waals surface area contributed by atoms with Crippen LogP contribution >= 0.6 is 0 Å². The van der Waals surface area contributed by atoms with Crippen molar-refractivity contribution in [3.8, 4) is 5.75 Å². The van der Waals surface area contributed by atoms with Crippen molar-refractivity contribution in [1.82, 2.24) is 20.4 Å². The Morgan fingerprint density at radius 1 is 1.19 bits per heavy atom. The summed E-state index contributed by atoms with van der Waals surface area (Å²) >= 11 is 0. The number of halogens is 4. The number of nitrogens with one attached hydrogen (secondary N) is 2. The summed E-state index contributed by atoms with van der Waals surface area (Å²) in [5, 5.41) is 5.11. The predicted molar refractivity (Wildman–Crippen MR) is 119 cm³/mol. The van der Waals surface area contributed by atoms with Crippen LogP contribution in [0.1, 0.15) is 24.8 Å². The Hall–Kier alpha value is -2.81. The van der Waals surface area contributed by atoms with Crippen molar-refractivity contribution in [1.29, 1.82) is 0 Å². The maximum Gasteiger partial charge on any atom is 0.573 e. The maximum atomic E-state index is 14.3. The van der Waals surface area contributed by atoms with Crippen LogP contribution in [-0.2, 0) is 20.8 Å². The number of carbonyl (C=O) groups excluding carboxylic acids is 2. The Morgan fingerprint density at radius 3 is 2.44 bits per heavy atom. The third-order valence-electron chi connectivity index (χ3n) is 5.79. The van der Waals surface area contributed by atoms with Crippen molar-refractivity contribution in [2.75, 3.05) is 33.0 Å². The van der Waals surface area contributed by atoms with Crippen molar-refractivity contribution in [3.05, 3.63) is 29.6 Å². The van der Waals surface area contributed by atoms with E-state index < -0.39 is 40.1 Å². The highest BCUT2D eigenvalue weighted by Crippen LogP contribution is 2.33. The third-order valence-corrected chi connectivity index (χ3v) is 6.35. The number of likely N-dealkylation sites (tertiary alicyclic amines) is 1. The number of piperidine rings is 1. The molecule has 2 aliphatic rings. The smallest absolute Gasteiger partial charge is 0.406 e. The minimum atomic E-state index is -4.96. The molecule has 1 saturated heterocycles. The van der Waals surface area contributed by atoms with E-state index in [1.165, 1.54) is 11.9 Å². The monoisotopic (exact) mass is 540 g/mol. The summed E-state index contributed by atoms with van der Waals surface area (Å²) in [4.78, 5) is 28.5. The van der Waals surface area contributed by atoms with Crippen LogP contribution in [-0.4, -0.2) is 81.7 Å². The number of carbonyl (C=O) groups is 2. The molecule has 15 heteroatoms. The van der Waals surface area contributed by atoms with Crippen LogP contribution < -0.4 is 15.4 Å². The van der Waals surface area contributed by atoms with Crippen LogP contribution in [0.25, 0.3) is 0 Å². The van der Waals surface area contributed by atoms with Gasteiger partial charge in [0, 0.05) is 50.3 Å². The quantitative estimate of drug-likeness (QED) is 0.386. The lowest BCUT2D eigenvalue weighted by atomic mass is 9.94. The number of urea groups is 2. The summed E-state index contributed by atoms with van der Waals surface area (Å²) in [5.41, 5.74) is -0.0383. The predicted octanol–water partition coefficient (Wildman–Crippen LogP) is 2.40. The average Bonchev–Trinajstić information content (AvgIpc) is 3.60. The molecule has 202 valence electrons. The van der Waals surface area contributed by atoms with E-state index in [0.717, 1.165) is 31.2 Å². The van der Waals surface area contributed by atoms with E-state index in [1.807, 2.05) is 0 Å². The van der Waals surface area contributed by atoms with Gasteiger partial charge in [0.1, 0.15) is 11.6 Å². The molecular weight excluding hydrogens is 512 g/mol. The Labute approximate surface area is 206 Å². The van der Waals surface area contributed by atoms with E-state index in [1.54, 1.807) is 4.90 Å². The van der Waals surface area contributed by atoms with Gasteiger partial charge in [0.15, 0.2) is 0 Å². The summed E-state index contributed by atoms with van der Waals surface area (Å²) in [7, 11) is -2.24. The molecule has 0 bridgehead atoms.